The molecule has 112 valence electrons. The Labute approximate surface area is 121 Å². The number of aromatic nitrogens is 2. The maximum atomic E-state index is 11.9. The zero-order valence-electron chi connectivity index (χ0n) is 13.1. The molecule has 1 rings (SSSR count). The molecule has 1 N–H and O–H groups in total. The lowest BCUT2D eigenvalue weighted by molar-refractivity contribution is -0.127. The van der Waals surface area contributed by atoms with E-state index in [2.05, 4.69) is 22.2 Å². The highest BCUT2D eigenvalue weighted by Crippen LogP contribution is 2.16. The van der Waals surface area contributed by atoms with Gasteiger partial charge in [0.25, 0.3) is 0 Å². The number of hydrogen-bond donors (Lipinski definition) is 1. The maximum absolute atomic E-state index is 11.9. The van der Waals surface area contributed by atoms with Crippen molar-refractivity contribution < 1.29 is 4.79 Å². The fraction of sp³-hybridized carbons (Fsp3) is 0.643. The number of carbonyl (C=O) groups excluding carboxylic acids is 1. The molecule has 1 heterocycles. The molecule has 0 aromatic carbocycles. The van der Waals surface area contributed by atoms with Crippen molar-refractivity contribution in [3.8, 4) is 0 Å². The topological polar surface area (TPSA) is 61.4 Å². The Hall–Kier alpha value is -1.85. The van der Waals surface area contributed by atoms with Crippen LogP contribution in [0.2, 0.25) is 0 Å². The van der Waals surface area contributed by atoms with Gasteiger partial charge in [-0.1, -0.05) is 13.8 Å². The van der Waals surface area contributed by atoms with Crippen molar-refractivity contribution >= 4 is 17.5 Å². The minimum Gasteiger partial charge on any atom is -0.373 e. The zero-order valence-corrected chi connectivity index (χ0v) is 13.1. The molecule has 0 radical (unpaired) electrons. The molecule has 0 aliphatic carbocycles. The van der Waals surface area contributed by atoms with E-state index in [1.165, 1.54) is 0 Å². The van der Waals surface area contributed by atoms with Gasteiger partial charge in [0.05, 0.1) is 6.54 Å². The van der Waals surface area contributed by atoms with Crippen LogP contribution < -0.4 is 10.2 Å². The fourth-order valence-corrected chi connectivity index (χ4v) is 1.78. The van der Waals surface area contributed by atoms with Crippen LogP contribution in [0.1, 0.15) is 26.1 Å². The van der Waals surface area contributed by atoms with Crippen molar-refractivity contribution in [1.29, 1.82) is 0 Å². The molecule has 0 aliphatic rings. The van der Waals surface area contributed by atoms with Gasteiger partial charge in [0.2, 0.25) is 5.91 Å². The molecule has 0 saturated heterocycles. The van der Waals surface area contributed by atoms with Crippen molar-refractivity contribution in [2.45, 2.75) is 26.7 Å². The van der Waals surface area contributed by atoms with Crippen LogP contribution in [0.3, 0.4) is 0 Å². The quantitative estimate of drug-likeness (QED) is 0.817. The second-order valence-corrected chi connectivity index (χ2v) is 4.84. The Morgan fingerprint density at radius 3 is 2.50 bits per heavy atom. The van der Waals surface area contributed by atoms with Crippen LogP contribution in [-0.2, 0) is 11.2 Å². The second-order valence-electron chi connectivity index (χ2n) is 4.84. The fourth-order valence-electron chi connectivity index (χ4n) is 1.78. The molecule has 0 saturated carbocycles. The normalized spacial score (nSPS) is 10.2. The minimum absolute atomic E-state index is 0.0705. The number of anilines is 2. The molecule has 0 spiro atoms. The molecule has 1 aromatic heterocycles. The molecular formula is C14H25N5O. The predicted octanol–water partition coefficient (Wildman–Crippen LogP) is 1.39. The summed E-state index contributed by atoms with van der Waals surface area (Å²) in [6.07, 6.45) is 1.73. The lowest BCUT2D eigenvalue weighted by Gasteiger charge is -2.25. The molecule has 6 heteroatoms. The molecule has 0 atom stereocenters. The van der Waals surface area contributed by atoms with Crippen LogP contribution in [0, 0.1) is 0 Å². The molecule has 0 aliphatic heterocycles. The van der Waals surface area contributed by atoms with Crippen molar-refractivity contribution in [1.82, 2.24) is 14.9 Å². The third kappa shape index (κ3) is 4.36. The van der Waals surface area contributed by atoms with Crippen LogP contribution in [0.4, 0.5) is 11.6 Å². The summed E-state index contributed by atoms with van der Waals surface area (Å²) in [7, 11) is 5.37. The SMILES string of the molecule is CCCN(CC(=O)N(C)C)c1cc(NC)nc(CC)n1. The summed E-state index contributed by atoms with van der Waals surface area (Å²) in [5, 5.41) is 3.04. The summed E-state index contributed by atoms with van der Waals surface area (Å²) < 4.78 is 0. The molecule has 0 bridgehead atoms. The van der Waals surface area contributed by atoms with Crippen LogP contribution >= 0.6 is 0 Å². The Morgan fingerprint density at radius 1 is 1.30 bits per heavy atom. The van der Waals surface area contributed by atoms with Gasteiger partial charge in [-0.15, -0.1) is 0 Å². The van der Waals surface area contributed by atoms with Gasteiger partial charge in [-0.3, -0.25) is 4.79 Å². The minimum atomic E-state index is 0.0705. The number of amides is 1. The largest absolute Gasteiger partial charge is 0.373 e. The van der Waals surface area contributed by atoms with Gasteiger partial charge < -0.3 is 15.1 Å². The number of aryl methyl sites for hydroxylation is 1. The standard InChI is InChI=1S/C14H25N5O/c1-6-8-19(10-14(20)18(4)5)13-9-12(15-3)16-11(7-2)17-13/h9H,6-8,10H2,1-5H3,(H,15,16,17). The average Bonchev–Trinajstić information content (AvgIpc) is 2.45. The first kappa shape index (κ1) is 16.2. The number of carbonyl (C=O) groups is 1. The summed E-state index contributed by atoms with van der Waals surface area (Å²) in [6, 6.07) is 1.89. The van der Waals surface area contributed by atoms with Gasteiger partial charge in [0.1, 0.15) is 17.5 Å². The molecule has 0 unspecified atom stereocenters. The molecule has 1 amide bonds. The summed E-state index contributed by atoms with van der Waals surface area (Å²) >= 11 is 0. The number of hydrogen-bond acceptors (Lipinski definition) is 5. The summed E-state index contributed by atoms with van der Waals surface area (Å²) in [6.45, 7) is 5.24. The lowest BCUT2D eigenvalue weighted by Crippen LogP contribution is -2.37. The Kier molecular flexibility index (Phi) is 6.21. The van der Waals surface area contributed by atoms with Crippen LogP contribution in [0.5, 0.6) is 0 Å². The maximum Gasteiger partial charge on any atom is 0.241 e. The van der Waals surface area contributed by atoms with E-state index in [1.54, 1.807) is 19.0 Å². The number of nitrogens with zero attached hydrogens (tertiary/aromatic N) is 4. The van der Waals surface area contributed by atoms with E-state index >= 15 is 0 Å². The zero-order chi connectivity index (χ0) is 15.1. The highest BCUT2D eigenvalue weighted by atomic mass is 16.2. The van der Waals surface area contributed by atoms with Gasteiger partial charge >= 0.3 is 0 Å². The monoisotopic (exact) mass is 279 g/mol. The first-order valence-electron chi connectivity index (χ1n) is 7.02. The van der Waals surface area contributed by atoms with Crippen molar-refractivity contribution in [2.24, 2.45) is 0 Å². The molecule has 20 heavy (non-hydrogen) atoms. The highest BCUT2D eigenvalue weighted by molar-refractivity contribution is 5.80. The van der Waals surface area contributed by atoms with E-state index in [1.807, 2.05) is 24.9 Å². The van der Waals surface area contributed by atoms with Gasteiger partial charge in [-0.25, -0.2) is 9.97 Å². The average molecular weight is 279 g/mol. The van der Waals surface area contributed by atoms with Crippen molar-refractivity contribution in [3.63, 3.8) is 0 Å². The van der Waals surface area contributed by atoms with E-state index < -0.39 is 0 Å². The first-order valence-corrected chi connectivity index (χ1v) is 7.02. The number of likely N-dealkylation sites (N-methyl/N-ethyl adjacent to an activating group) is 1. The summed E-state index contributed by atoms with van der Waals surface area (Å²) in [4.78, 5) is 24.5. The smallest absolute Gasteiger partial charge is 0.241 e. The van der Waals surface area contributed by atoms with Crippen molar-refractivity contribution in [3.05, 3.63) is 11.9 Å². The first-order chi connectivity index (χ1) is 9.51. The van der Waals surface area contributed by atoms with E-state index in [0.717, 1.165) is 36.8 Å². The number of nitrogens with one attached hydrogen (secondary N) is 1. The van der Waals surface area contributed by atoms with Crippen LogP contribution in [0.15, 0.2) is 6.07 Å². The second kappa shape index (κ2) is 7.67. The van der Waals surface area contributed by atoms with Crippen LogP contribution in [0.25, 0.3) is 0 Å². The highest BCUT2D eigenvalue weighted by Gasteiger charge is 2.15. The van der Waals surface area contributed by atoms with Gasteiger partial charge in [-0.2, -0.15) is 0 Å². The predicted molar refractivity (Wildman–Crippen MR) is 82.2 cm³/mol. The summed E-state index contributed by atoms with van der Waals surface area (Å²) in [5.41, 5.74) is 0. The lowest BCUT2D eigenvalue weighted by atomic mass is 10.3. The van der Waals surface area contributed by atoms with Gasteiger partial charge in [0.15, 0.2) is 0 Å². The Morgan fingerprint density at radius 2 is 2.00 bits per heavy atom. The number of rotatable bonds is 7. The van der Waals surface area contributed by atoms with Crippen molar-refractivity contribution in [2.75, 3.05) is 44.4 Å². The van der Waals surface area contributed by atoms with Gasteiger partial charge in [0, 0.05) is 40.2 Å². The molecule has 1 aromatic rings. The van der Waals surface area contributed by atoms with Crippen LogP contribution in [-0.4, -0.2) is 55.0 Å². The molecule has 6 nitrogen and oxygen atoms in total. The van der Waals surface area contributed by atoms with E-state index in [-0.39, 0.29) is 5.91 Å². The van der Waals surface area contributed by atoms with E-state index in [4.69, 9.17) is 0 Å². The Balaban J connectivity index is 3.03. The molecule has 0 fully saturated rings. The van der Waals surface area contributed by atoms with Gasteiger partial charge in [-0.05, 0) is 6.42 Å². The third-order valence-corrected chi connectivity index (χ3v) is 2.97. The molecular weight excluding hydrogens is 254 g/mol. The summed E-state index contributed by atoms with van der Waals surface area (Å²) in [5.74, 6) is 2.44. The Bertz CT molecular complexity index is 425. The van der Waals surface area contributed by atoms with E-state index in [0.29, 0.717) is 6.54 Å². The third-order valence-electron chi connectivity index (χ3n) is 2.97. The van der Waals surface area contributed by atoms with E-state index in [9.17, 15) is 4.79 Å².